The molecule has 3 N–H and O–H groups in total. The molecule has 1 saturated heterocycles. The lowest BCUT2D eigenvalue weighted by atomic mass is 10.1. The second kappa shape index (κ2) is 6.13. The quantitative estimate of drug-likeness (QED) is 0.805. The number of rotatable bonds is 3. The molecule has 1 fully saturated rings. The molecule has 1 aromatic carbocycles. The van der Waals surface area contributed by atoms with E-state index < -0.39 is 12.0 Å². The smallest absolute Gasteiger partial charge is 0.320 e. The number of carboxylic acids is 1. The Morgan fingerprint density at radius 3 is 2.38 bits per heavy atom. The number of hydrogen-bond donors (Lipinski definition) is 2. The van der Waals surface area contributed by atoms with E-state index >= 15 is 0 Å². The Balaban J connectivity index is 2.00. The number of nitrogens with zero attached hydrogens (tertiary/aromatic N) is 2. The van der Waals surface area contributed by atoms with Crippen molar-refractivity contribution in [2.45, 2.75) is 19.9 Å². The van der Waals surface area contributed by atoms with Gasteiger partial charge in [0.2, 0.25) is 0 Å². The zero-order valence-electron chi connectivity index (χ0n) is 12.4. The van der Waals surface area contributed by atoms with E-state index in [-0.39, 0.29) is 5.91 Å². The summed E-state index contributed by atoms with van der Waals surface area (Å²) >= 11 is 0. The molecular formula is C15H21N3O3. The van der Waals surface area contributed by atoms with Gasteiger partial charge in [0, 0.05) is 37.4 Å². The summed E-state index contributed by atoms with van der Waals surface area (Å²) in [5, 5.41) is 9.01. The maximum atomic E-state index is 12.4. The van der Waals surface area contributed by atoms with Gasteiger partial charge in [-0.3, -0.25) is 14.5 Å². The minimum atomic E-state index is -0.830. The van der Waals surface area contributed by atoms with Crippen LogP contribution in [0.25, 0.3) is 0 Å². The lowest BCUT2D eigenvalue weighted by Gasteiger charge is -2.36. The van der Waals surface area contributed by atoms with Crippen molar-refractivity contribution in [2.75, 3.05) is 31.9 Å². The second-order valence-corrected chi connectivity index (χ2v) is 5.41. The van der Waals surface area contributed by atoms with E-state index in [4.69, 9.17) is 10.8 Å². The number of carboxylic acid groups (broad SMARTS) is 1. The van der Waals surface area contributed by atoms with Gasteiger partial charge in [0.15, 0.2) is 0 Å². The van der Waals surface area contributed by atoms with Crippen molar-refractivity contribution in [2.24, 2.45) is 0 Å². The van der Waals surface area contributed by atoms with Crippen LogP contribution in [0.2, 0.25) is 0 Å². The number of hydrogen-bond acceptors (Lipinski definition) is 4. The van der Waals surface area contributed by atoms with Gasteiger partial charge in [-0.1, -0.05) is 0 Å². The molecule has 0 bridgehead atoms. The molecule has 6 nitrogen and oxygen atoms in total. The van der Waals surface area contributed by atoms with Crippen LogP contribution in [-0.4, -0.2) is 59.0 Å². The van der Waals surface area contributed by atoms with Gasteiger partial charge in [0.1, 0.15) is 6.04 Å². The molecule has 1 unspecified atom stereocenters. The lowest BCUT2D eigenvalue weighted by molar-refractivity contribution is -0.143. The van der Waals surface area contributed by atoms with E-state index in [9.17, 15) is 9.59 Å². The SMILES string of the molecule is Cc1cc(C(=O)N2CCN(C(C)C(=O)O)CC2)ccc1N. The molecule has 21 heavy (non-hydrogen) atoms. The molecule has 1 amide bonds. The van der Waals surface area contributed by atoms with E-state index in [1.165, 1.54) is 0 Å². The minimum Gasteiger partial charge on any atom is -0.480 e. The zero-order valence-corrected chi connectivity index (χ0v) is 12.4. The van der Waals surface area contributed by atoms with Crippen molar-refractivity contribution in [1.29, 1.82) is 0 Å². The molecule has 0 aromatic heterocycles. The standard InChI is InChI=1S/C15H21N3O3/c1-10-9-12(3-4-13(10)16)14(19)18-7-5-17(6-8-18)11(2)15(20)21/h3-4,9,11H,5-8,16H2,1-2H3,(H,20,21). The van der Waals surface area contributed by atoms with Gasteiger partial charge in [-0.25, -0.2) is 0 Å². The number of aryl methyl sites for hydroxylation is 1. The number of nitrogen functional groups attached to an aromatic ring is 1. The predicted octanol–water partition coefficient (Wildman–Crippen LogP) is 0.808. The number of carbonyl (C=O) groups excluding carboxylic acids is 1. The Morgan fingerprint density at radius 2 is 1.86 bits per heavy atom. The highest BCUT2D eigenvalue weighted by molar-refractivity contribution is 5.95. The number of amides is 1. The van der Waals surface area contributed by atoms with Crippen LogP contribution in [0.5, 0.6) is 0 Å². The van der Waals surface area contributed by atoms with Crippen LogP contribution in [0.4, 0.5) is 5.69 Å². The van der Waals surface area contributed by atoms with Gasteiger partial charge in [0.25, 0.3) is 5.91 Å². The molecule has 114 valence electrons. The van der Waals surface area contributed by atoms with E-state index in [1.807, 2.05) is 11.8 Å². The summed E-state index contributed by atoms with van der Waals surface area (Å²) in [5.41, 5.74) is 7.95. The van der Waals surface area contributed by atoms with Gasteiger partial charge >= 0.3 is 5.97 Å². The Morgan fingerprint density at radius 1 is 1.24 bits per heavy atom. The summed E-state index contributed by atoms with van der Waals surface area (Å²) in [4.78, 5) is 27.0. The Bertz CT molecular complexity index is 551. The third-order valence-corrected chi connectivity index (χ3v) is 4.02. The van der Waals surface area contributed by atoms with E-state index in [0.717, 1.165) is 5.56 Å². The molecule has 0 saturated carbocycles. The van der Waals surface area contributed by atoms with Crippen LogP contribution in [0.1, 0.15) is 22.8 Å². The summed E-state index contributed by atoms with van der Waals surface area (Å²) in [7, 11) is 0. The third-order valence-electron chi connectivity index (χ3n) is 4.02. The molecule has 1 aromatic rings. The molecule has 0 spiro atoms. The van der Waals surface area contributed by atoms with Crippen molar-refractivity contribution < 1.29 is 14.7 Å². The average molecular weight is 291 g/mol. The first-order valence-corrected chi connectivity index (χ1v) is 7.02. The fraction of sp³-hybridized carbons (Fsp3) is 0.467. The maximum Gasteiger partial charge on any atom is 0.320 e. The fourth-order valence-corrected chi connectivity index (χ4v) is 2.46. The Labute approximate surface area is 124 Å². The van der Waals surface area contributed by atoms with Crippen LogP contribution in [-0.2, 0) is 4.79 Å². The van der Waals surface area contributed by atoms with E-state index in [2.05, 4.69) is 0 Å². The normalized spacial score (nSPS) is 17.5. The molecule has 1 atom stereocenters. The van der Waals surface area contributed by atoms with Gasteiger partial charge in [-0.15, -0.1) is 0 Å². The molecular weight excluding hydrogens is 270 g/mol. The van der Waals surface area contributed by atoms with E-state index in [0.29, 0.717) is 37.4 Å². The zero-order chi connectivity index (χ0) is 15.6. The number of carbonyl (C=O) groups is 2. The molecule has 0 aliphatic carbocycles. The number of benzene rings is 1. The highest BCUT2D eigenvalue weighted by atomic mass is 16.4. The van der Waals surface area contributed by atoms with Crippen LogP contribution in [0.3, 0.4) is 0 Å². The fourth-order valence-electron chi connectivity index (χ4n) is 2.46. The number of piperazine rings is 1. The Kier molecular flexibility index (Phi) is 4.47. The summed E-state index contributed by atoms with van der Waals surface area (Å²) in [6.07, 6.45) is 0. The monoisotopic (exact) mass is 291 g/mol. The van der Waals surface area contributed by atoms with Crippen molar-refractivity contribution >= 4 is 17.6 Å². The minimum absolute atomic E-state index is 0.0271. The van der Waals surface area contributed by atoms with Crippen molar-refractivity contribution in [3.8, 4) is 0 Å². The molecule has 0 radical (unpaired) electrons. The topological polar surface area (TPSA) is 86.9 Å². The average Bonchev–Trinajstić information content (AvgIpc) is 2.48. The molecule has 1 aliphatic heterocycles. The first kappa shape index (κ1) is 15.3. The molecule has 6 heteroatoms. The number of nitrogens with two attached hydrogens (primary N) is 1. The van der Waals surface area contributed by atoms with Gasteiger partial charge in [-0.05, 0) is 37.6 Å². The van der Waals surface area contributed by atoms with Crippen molar-refractivity contribution in [3.05, 3.63) is 29.3 Å². The first-order chi connectivity index (χ1) is 9.90. The van der Waals surface area contributed by atoms with Crippen LogP contribution >= 0.6 is 0 Å². The predicted molar refractivity (Wildman–Crippen MR) is 80.2 cm³/mol. The molecule has 2 rings (SSSR count). The highest BCUT2D eigenvalue weighted by Gasteiger charge is 2.27. The van der Waals surface area contributed by atoms with Gasteiger partial charge in [0.05, 0.1) is 0 Å². The van der Waals surface area contributed by atoms with Gasteiger partial charge < -0.3 is 15.7 Å². The Hall–Kier alpha value is -2.08. The number of anilines is 1. The summed E-state index contributed by atoms with van der Waals surface area (Å²) in [6, 6.07) is 4.76. The van der Waals surface area contributed by atoms with Crippen LogP contribution < -0.4 is 5.73 Å². The summed E-state index contributed by atoms with van der Waals surface area (Å²) in [6.45, 7) is 5.78. The van der Waals surface area contributed by atoms with Gasteiger partial charge in [-0.2, -0.15) is 0 Å². The highest BCUT2D eigenvalue weighted by Crippen LogP contribution is 2.16. The first-order valence-electron chi connectivity index (χ1n) is 7.02. The van der Waals surface area contributed by atoms with Crippen molar-refractivity contribution in [3.63, 3.8) is 0 Å². The van der Waals surface area contributed by atoms with Crippen LogP contribution in [0.15, 0.2) is 18.2 Å². The maximum absolute atomic E-state index is 12.4. The lowest BCUT2D eigenvalue weighted by Crippen LogP contribution is -2.53. The molecule has 1 heterocycles. The molecule has 1 aliphatic rings. The largest absolute Gasteiger partial charge is 0.480 e. The second-order valence-electron chi connectivity index (χ2n) is 5.41. The number of aliphatic carboxylic acids is 1. The van der Waals surface area contributed by atoms with E-state index in [1.54, 1.807) is 30.0 Å². The third kappa shape index (κ3) is 3.33. The van der Waals surface area contributed by atoms with Crippen molar-refractivity contribution in [1.82, 2.24) is 9.80 Å². The summed E-state index contributed by atoms with van der Waals surface area (Å²) < 4.78 is 0. The summed E-state index contributed by atoms with van der Waals surface area (Å²) in [5.74, 6) is -0.857. The van der Waals surface area contributed by atoms with Crippen LogP contribution in [0, 0.1) is 6.92 Å².